The zero-order chi connectivity index (χ0) is 20.4. The number of benzene rings is 1. The number of unbranched alkanes of at least 4 members (excludes halogenated alkanes) is 2. The third-order valence-corrected chi connectivity index (χ3v) is 5.57. The molecule has 0 aliphatic rings. The van der Waals surface area contributed by atoms with Gasteiger partial charge in [0, 0.05) is 24.9 Å². The van der Waals surface area contributed by atoms with Crippen molar-refractivity contribution in [3.8, 4) is 17.4 Å². The summed E-state index contributed by atoms with van der Waals surface area (Å²) in [6, 6.07) is 10.6. The second kappa shape index (κ2) is 10.7. The molecule has 8 heteroatoms. The molecule has 0 saturated heterocycles. The van der Waals surface area contributed by atoms with E-state index in [1.54, 1.807) is 37.6 Å². The van der Waals surface area contributed by atoms with Gasteiger partial charge in [0.1, 0.15) is 17.3 Å². The molecule has 0 fully saturated rings. The lowest BCUT2D eigenvalue weighted by Gasteiger charge is -2.08. The number of nitrogens with one attached hydrogen (secondary N) is 1. The van der Waals surface area contributed by atoms with E-state index in [4.69, 9.17) is 9.47 Å². The van der Waals surface area contributed by atoms with E-state index in [-0.39, 0.29) is 12.3 Å². The van der Waals surface area contributed by atoms with Crippen LogP contribution in [0.3, 0.4) is 0 Å². The smallest absolute Gasteiger partial charge is 0.235 e. The molecule has 2 aromatic rings. The highest BCUT2D eigenvalue weighted by Gasteiger charge is 2.16. The van der Waals surface area contributed by atoms with Crippen molar-refractivity contribution in [1.29, 1.82) is 0 Å². The summed E-state index contributed by atoms with van der Waals surface area (Å²) in [5, 5.41) is 2.61. The molecule has 28 heavy (non-hydrogen) atoms. The summed E-state index contributed by atoms with van der Waals surface area (Å²) in [6.45, 7) is 2.20. The zero-order valence-electron chi connectivity index (χ0n) is 16.2. The molecule has 7 nitrogen and oxygen atoms in total. The molecule has 0 radical (unpaired) electrons. The van der Waals surface area contributed by atoms with Crippen LogP contribution in [0, 0.1) is 0 Å². The summed E-state index contributed by atoms with van der Waals surface area (Å²) in [6.07, 6.45) is 3.94. The quantitative estimate of drug-likeness (QED) is 0.576. The predicted molar refractivity (Wildman–Crippen MR) is 107 cm³/mol. The molecule has 1 N–H and O–H groups in total. The summed E-state index contributed by atoms with van der Waals surface area (Å²) < 4.78 is 34.6. The molecule has 1 heterocycles. The number of nitrogens with zero attached hydrogens (tertiary/aromatic N) is 1. The Kier molecular flexibility index (Phi) is 8.25. The van der Waals surface area contributed by atoms with Gasteiger partial charge in [0.15, 0.2) is 9.84 Å². The summed E-state index contributed by atoms with van der Waals surface area (Å²) in [5.41, 5.74) is 0.745. The van der Waals surface area contributed by atoms with E-state index >= 15 is 0 Å². The van der Waals surface area contributed by atoms with Crippen LogP contribution < -0.4 is 14.8 Å². The minimum absolute atomic E-state index is 0.0477. The molecule has 1 amide bonds. The molecule has 0 bridgehead atoms. The van der Waals surface area contributed by atoms with Gasteiger partial charge in [-0.2, -0.15) is 0 Å². The van der Waals surface area contributed by atoms with Gasteiger partial charge in [-0.15, -0.1) is 0 Å². The number of pyridine rings is 1. The number of ether oxygens (including phenoxy) is 2. The third kappa shape index (κ3) is 7.56. The van der Waals surface area contributed by atoms with Gasteiger partial charge in [0.2, 0.25) is 11.8 Å². The lowest BCUT2D eigenvalue weighted by molar-refractivity contribution is -0.118. The summed E-state index contributed by atoms with van der Waals surface area (Å²) in [5.74, 6) is 0.741. The van der Waals surface area contributed by atoms with Crippen LogP contribution in [0.1, 0.15) is 31.7 Å². The minimum atomic E-state index is -3.36. The minimum Gasteiger partial charge on any atom is -0.497 e. The Morgan fingerprint density at radius 2 is 1.93 bits per heavy atom. The molecule has 0 aliphatic heterocycles. The number of rotatable bonds is 11. The highest BCUT2D eigenvalue weighted by Crippen LogP contribution is 2.23. The van der Waals surface area contributed by atoms with Gasteiger partial charge >= 0.3 is 0 Å². The first-order valence-electron chi connectivity index (χ1n) is 9.16. The van der Waals surface area contributed by atoms with Crippen molar-refractivity contribution in [2.45, 2.75) is 32.7 Å². The van der Waals surface area contributed by atoms with E-state index in [1.807, 2.05) is 19.1 Å². The molecule has 0 aliphatic carbocycles. The first-order valence-corrected chi connectivity index (χ1v) is 11.0. The first-order chi connectivity index (χ1) is 13.4. The largest absolute Gasteiger partial charge is 0.497 e. The normalized spacial score (nSPS) is 11.1. The van der Waals surface area contributed by atoms with Crippen LogP contribution in [-0.4, -0.2) is 37.9 Å². The second-order valence-corrected chi connectivity index (χ2v) is 8.55. The van der Waals surface area contributed by atoms with Crippen LogP contribution >= 0.6 is 0 Å². The van der Waals surface area contributed by atoms with Gasteiger partial charge in [-0.1, -0.05) is 31.9 Å². The lowest BCUT2D eigenvalue weighted by Crippen LogP contribution is -2.30. The van der Waals surface area contributed by atoms with Crippen LogP contribution in [0.25, 0.3) is 0 Å². The van der Waals surface area contributed by atoms with Crippen molar-refractivity contribution in [2.75, 3.05) is 18.6 Å². The molecular weight excluding hydrogens is 380 g/mol. The molecule has 1 aromatic heterocycles. The fraction of sp³-hybridized carbons (Fsp3) is 0.400. The number of carbonyl (C=O) groups excluding carboxylic acids is 1. The van der Waals surface area contributed by atoms with Crippen LogP contribution in [0.5, 0.6) is 17.4 Å². The van der Waals surface area contributed by atoms with Gasteiger partial charge in [-0.05, 0) is 24.1 Å². The van der Waals surface area contributed by atoms with E-state index in [1.165, 1.54) is 0 Å². The highest BCUT2D eigenvalue weighted by atomic mass is 32.2. The molecule has 0 atom stereocenters. The highest BCUT2D eigenvalue weighted by molar-refractivity contribution is 7.92. The lowest BCUT2D eigenvalue weighted by atomic mass is 10.3. The van der Waals surface area contributed by atoms with Gasteiger partial charge in [0.25, 0.3) is 0 Å². The van der Waals surface area contributed by atoms with E-state index in [2.05, 4.69) is 10.3 Å². The monoisotopic (exact) mass is 406 g/mol. The maximum absolute atomic E-state index is 11.9. The fourth-order valence-electron chi connectivity index (χ4n) is 2.46. The van der Waals surface area contributed by atoms with Crippen LogP contribution in [-0.2, 0) is 21.2 Å². The standard InChI is InChI=1S/C20H26N2O5S/c1-3-4-5-11-28(24,25)15-19(23)21-13-16-9-10-20(22-14-16)27-18-8-6-7-17(12-18)26-2/h6-10,12,14H,3-5,11,13,15H2,1-2H3,(H,21,23). The van der Waals surface area contributed by atoms with Crippen LogP contribution in [0.2, 0.25) is 0 Å². The molecule has 0 unspecified atom stereocenters. The topological polar surface area (TPSA) is 94.6 Å². The number of hydrogen-bond acceptors (Lipinski definition) is 6. The fourth-order valence-corrected chi connectivity index (χ4v) is 3.75. The number of carbonyl (C=O) groups is 1. The Morgan fingerprint density at radius 1 is 1.14 bits per heavy atom. The van der Waals surface area contributed by atoms with Crippen molar-refractivity contribution in [3.63, 3.8) is 0 Å². The summed E-state index contributed by atoms with van der Waals surface area (Å²) in [4.78, 5) is 16.1. The molecular formula is C20H26N2O5S. The maximum Gasteiger partial charge on any atom is 0.235 e. The van der Waals surface area contributed by atoms with Crippen molar-refractivity contribution in [3.05, 3.63) is 48.2 Å². The number of aromatic nitrogens is 1. The Labute approximate surface area is 166 Å². The number of methoxy groups -OCH3 is 1. The number of sulfone groups is 1. The average Bonchev–Trinajstić information content (AvgIpc) is 2.67. The first kappa shape index (κ1) is 21.7. The van der Waals surface area contributed by atoms with Crippen LogP contribution in [0.15, 0.2) is 42.6 Å². The average molecular weight is 407 g/mol. The molecule has 2 rings (SSSR count). The molecule has 0 saturated carbocycles. The Hall–Kier alpha value is -2.61. The Morgan fingerprint density at radius 3 is 2.61 bits per heavy atom. The predicted octanol–water partition coefficient (Wildman–Crippen LogP) is 3.10. The van der Waals surface area contributed by atoms with Crippen molar-refractivity contribution in [2.24, 2.45) is 0 Å². The van der Waals surface area contributed by atoms with E-state index < -0.39 is 21.5 Å². The summed E-state index contributed by atoms with van der Waals surface area (Å²) >= 11 is 0. The summed E-state index contributed by atoms with van der Waals surface area (Å²) in [7, 11) is -1.78. The zero-order valence-corrected chi connectivity index (χ0v) is 17.0. The SMILES string of the molecule is CCCCCS(=O)(=O)CC(=O)NCc1ccc(Oc2cccc(OC)c2)nc1. The third-order valence-electron chi connectivity index (χ3n) is 3.96. The molecule has 0 spiro atoms. The van der Waals surface area contributed by atoms with Crippen molar-refractivity contribution < 1.29 is 22.7 Å². The maximum atomic E-state index is 11.9. The van der Waals surface area contributed by atoms with E-state index in [9.17, 15) is 13.2 Å². The Bertz CT molecular complexity index is 866. The Balaban J connectivity index is 1.82. The van der Waals surface area contributed by atoms with Crippen molar-refractivity contribution >= 4 is 15.7 Å². The van der Waals surface area contributed by atoms with E-state index in [0.29, 0.717) is 23.8 Å². The molecule has 152 valence electrons. The number of amides is 1. The number of hydrogen-bond donors (Lipinski definition) is 1. The van der Waals surface area contributed by atoms with E-state index in [0.717, 1.165) is 18.4 Å². The van der Waals surface area contributed by atoms with Gasteiger partial charge in [0.05, 0.1) is 12.9 Å². The van der Waals surface area contributed by atoms with Crippen molar-refractivity contribution in [1.82, 2.24) is 10.3 Å². The van der Waals surface area contributed by atoms with Gasteiger partial charge < -0.3 is 14.8 Å². The van der Waals surface area contributed by atoms with Crippen LogP contribution in [0.4, 0.5) is 0 Å². The van der Waals surface area contributed by atoms with Gasteiger partial charge in [-0.25, -0.2) is 13.4 Å². The second-order valence-electron chi connectivity index (χ2n) is 6.36. The molecule has 1 aromatic carbocycles. The van der Waals surface area contributed by atoms with Gasteiger partial charge in [-0.3, -0.25) is 4.79 Å².